The zero-order valence-electron chi connectivity index (χ0n) is 14.7. The number of carbonyl (C=O) groups is 1. The summed E-state index contributed by atoms with van der Waals surface area (Å²) in [6, 6.07) is 11.4. The lowest BCUT2D eigenvalue weighted by Gasteiger charge is -2.38. The Morgan fingerprint density at radius 3 is 2.81 bits per heavy atom. The highest BCUT2D eigenvalue weighted by Gasteiger charge is 2.42. The Morgan fingerprint density at radius 2 is 1.92 bits per heavy atom. The van der Waals surface area contributed by atoms with E-state index in [1.807, 2.05) is 6.07 Å². The number of amides is 1. The summed E-state index contributed by atoms with van der Waals surface area (Å²) in [6.07, 6.45) is 6.06. The summed E-state index contributed by atoms with van der Waals surface area (Å²) in [5.41, 5.74) is 15.3. The largest absolute Gasteiger partial charge is 0.367 e. The van der Waals surface area contributed by atoms with E-state index in [1.165, 1.54) is 5.56 Å². The number of hydrogen-bond donors (Lipinski definition) is 5. The van der Waals surface area contributed by atoms with E-state index in [-0.39, 0.29) is 12.1 Å². The van der Waals surface area contributed by atoms with E-state index in [1.54, 1.807) is 11.1 Å². The molecule has 1 aromatic carbocycles. The van der Waals surface area contributed by atoms with Crippen molar-refractivity contribution in [2.75, 3.05) is 6.54 Å². The van der Waals surface area contributed by atoms with Crippen molar-refractivity contribution in [1.29, 1.82) is 0 Å². The average Bonchev–Trinajstić information content (AvgIpc) is 3.29. The second kappa shape index (κ2) is 6.66. The van der Waals surface area contributed by atoms with Gasteiger partial charge in [0.1, 0.15) is 6.17 Å². The molecule has 0 bridgehead atoms. The summed E-state index contributed by atoms with van der Waals surface area (Å²) < 4.78 is 0. The van der Waals surface area contributed by atoms with E-state index in [9.17, 15) is 4.79 Å². The zero-order valence-corrected chi connectivity index (χ0v) is 14.7. The number of hydrogen-bond acceptors (Lipinski definition) is 6. The van der Waals surface area contributed by atoms with Crippen molar-refractivity contribution in [3.8, 4) is 0 Å². The summed E-state index contributed by atoms with van der Waals surface area (Å²) in [5, 5.41) is 5.48. The first-order valence-corrected chi connectivity index (χ1v) is 9.63. The molecule has 0 radical (unpaired) electrons. The van der Waals surface area contributed by atoms with Crippen molar-refractivity contribution < 1.29 is 4.79 Å². The lowest BCUT2D eigenvalue weighted by molar-refractivity contribution is -0.131. The molecule has 7 heteroatoms. The molecular formula is C19H26N6O. The molecule has 26 heavy (non-hydrogen) atoms. The zero-order chi connectivity index (χ0) is 17.5. The van der Waals surface area contributed by atoms with Crippen LogP contribution in [0.15, 0.2) is 42.1 Å². The molecule has 3 aliphatic heterocycles. The van der Waals surface area contributed by atoms with E-state index in [0.29, 0.717) is 23.9 Å². The van der Waals surface area contributed by atoms with Gasteiger partial charge in [0.2, 0.25) is 0 Å². The van der Waals surface area contributed by atoms with Gasteiger partial charge in [0, 0.05) is 42.2 Å². The molecule has 1 saturated carbocycles. The minimum atomic E-state index is 0.0354. The van der Waals surface area contributed by atoms with E-state index < -0.39 is 0 Å². The van der Waals surface area contributed by atoms with Crippen LogP contribution in [0.2, 0.25) is 0 Å². The van der Waals surface area contributed by atoms with Gasteiger partial charge in [0.15, 0.2) is 0 Å². The monoisotopic (exact) mass is 354 g/mol. The molecule has 4 aliphatic rings. The maximum atomic E-state index is 12.7. The van der Waals surface area contributed by atoms with E-state index >= 15 is 0 Å². The normalized spacial score (nSPS) is 36.3. The smallest absolute Gasteiger partial charge is 0.264 e. The molecule has 5 atom stereocenters. The SMILES string of the molecule is O=C1C=C(C2CCC3NNNC3C2)NC2C(Cc3ccccc3)CNN12. The first-order valence-electron chi connectivity index (χ1n) is 9.63. The topological polar surface area (TPSA) is 80.5 Å². The molecule has 1 aromatic rings. The predicted molar refractivity (Wildman–Crippen MR) is 97.8 cm³/mol. The Hall–Kier alpha value is -1.93. The van der Waals surface area contributed by atoms with E-state index in [0.717, 1.165) is 37.9 Å². The summed E-state index contributed by atoms with van der Waals surface area (Å²) in [5.74, 6) is 0.862. The van der Waals surface area contributed by atoms with Crippen LogP contribution in [0.5, 0.6) is 0 Å². The van der Waals surface area contributed by atoms with Gasteiger partial charge in [-0.2, -0.15) is 5.53 Å². The lowest BCUT2D eigenvalue weighted by atomic mass is 9.80. The van der Waals surface area contributed by atoms with E-state index in [4.69, 9.17) is 0 Å². The Morgan fingerprint density at radius 1 is 1.08 bits per heavy atom. The molecule has 138 valence electrons. The Labute approximate surface area is 153 Å². The second-order valence-electron chi connectivity index (χ2n) is 7.85. The number of benzene rings is 1. The molecule has 0 aromatic heterocycles. The molecule has 3 heterocycles. The van der Waals surface area contributed by atoms with Gasteiger partial charge in [-0.1, -0.05) is 30.3 Å². The molecule has 5 unspecified atom stereocenters. The third kappa shape index (κ3) is 2.91. The fourth-order valence-electron chi connectivity index (χ4n) is 4.80. The maximum absolute atomic E-state index is 12.7. The number of nitrogens with one attached hydrogen (secondary N) is 5. The third-order valence-corrected chi connectivity index (χ3v) is 6.23. The van der Waals surface area contributed by atoms with Gasteiger partial charge in [-0.25, -0.2) is 16.3 Å². The van der Waals surface area contributed by atoms with Gasteiger partial charge < -0.3 is 5.32 Å². The molecule has 0 spiro atoms. The summed E-state index contributed by atoms with van der Waals surface area (Å²) >= 11 is 0. The van der Waals surface area contributed by atoms with Crippen LogP contribution in [-0.4, -0.2) is 35.7 Å². The Balaban J connectivity index is 1.31. The molecule has 1 amide bonds. The molecule has 3 fully saturated rings. The van der Waals surface area contributed by atoms with Crippen LogP contribution >= 0.6 is 0 Å². The first-order chi connectivity index (χ1) is 12.8. The highest BCUT2D eigenvalue weighted by Crippen LogP contribution is 2.33. The minimum absolute atomic E-state index is 0.0354. The van der Waals surface area contributed by atoms with Crippen LogP contribution in [0, 0.1) is 11.8 Å². The standard InChI is InChI=1S/C19H26N6O/c26-18-10-16(13-6-7-15-17(9-13)23-24-22-15)21-19-14(11-20-25(18)19)8-12-4-2-1-3-5-12/h1-5,10,13-15,17,19-24H,6-9,11H2. The molecule has 5 N–H and O–H groups in total. The van der Waals surface area contributed by atoms with Crippen molar-refractivity contribution in [3.63, 3.8) is 0 Å². The van der Waals surface area contributed by atoms with Crippen LogP contribution in [0.4, 0.5) is 0 Å². The van der Waals surface area contributed by atoms with Crippen LogP contribution in [0.3, 0.4) is 0 Å². The third-order valence-electron chi connectivity index (χ3n) is 6.23. The highest BCUT2D eigenvalue weighted by molar-refractivity contribution is 5.89. The quantitative estimate of drug-likeness (QED) is 0.532. The van der Waals surface area contributed by atoms with Crippen molar-refractivity contribution in [2.45, 2.75) is 43.9 Å². The average molecular weight is 354 g/mol. The van der Waals surface area contributed by atoms with Gasteiger partial charge in [-0.05, 0) is 31.2 Å². The minimum Gasteiger partial charge on any atom is -0.367 e. The van der Waals surface area contributed by atoms with Crippen molar-refractivity contribution in [3.05, 3.63) is 47.7 Å². The Bertz CT molecular complexity index is 707. The van der Waals surface area contributed by atoms with Gasteiger partial charge >= 0.3 is 0 Å². The lowest BCUT2D eigenvalue weighted by Crippen LogP contribution is -2.55. The van der Waals surface area contributed by atoms with Gasteiger partial charge in [-0.15, -0.1) is 0 Å². The predicted octanol–water partition coefficient (Wildman–Crippen LogP) is 0.155. The highest BCUT2D eigenvalue weighted by atomic mass is 16.2. The number of rotatable bonds is 3. The second-order valence-corrected chi connectivity index (χ2v) is 7.85. The van der Waals surface area contributed by atoms with Gasteiger partial charge in [0.25, 0.3) is 5.91 Å². The van der Waals surface area contributed by atoms with Crippen molar-refractivity contribution in [2.24, 2.45) is 11.8 Å². The molecule has 7 nitrogen and oxygen atoms in total. The van der Waals surface area contributed by atoms with Crippen molar-refractivity contribution in [1.82, 2.24) is 32.1 Å². The number of hydrazine groups is 3. The molecular weight excluding hydrogens is 328 g/mol. The molecule has 1 aliphatic carbocycles. The Kier molecular flexibility index (Phi) is 4.17. The molecule has 2 saturated heterocycles. The fourth-order valence-corrected chi connectivity index (χ4v) is 4.80. The van der Waals surface area contributed by atoms with Crippen LogP contribution in [0.1, 0.15) is 24.8 Å². The summed E-state index contributed by atoms with van der Waals surface area (Å²) in [6.45, 7) is 0.824. The molecule has 5 rings (SSSR count). The van der Waals surface area contributed by atoms with Crippen LogP contribution in [-0.2, 0) is 11.2 Å². The number of carbonyl (C=O) groups excluding carboxylic acids is 1. The number of allylic oxidation sites excluding steroid dienone is 1. The van der Waals surface area contributed by atoms with Gasteiger partial charge in [-0.3, -0.25) is 9.80 Å². The number of nitrogens with zero attached hydrogens (tertiary/aromatic N) is 1. The van der Waals surface area contributed by atoms with Crippen LogP contribution in [0.25, 0.3) is 0 Å². The first kappa shape index (κ1) is 16.3. The fraction of sp³-hybridized carbons (Fsp3) is 0.526. The summed E-state index contributed by atoms with van der Waals surface area (Å²) in [4.78, 5) is 12.7. The van der Waals surface area contributed by atoms with Gasteiger partial charge in [0.05, 0.1) is 0 Å². The van der Waals surface area contributed by atoms with Crippen molar-refractivity contribution >= 4 is 5.91 Å². The van der Waals surface area contributed by atoms with E-state index in [2.05, 4.69) is 51.4 Å². The summed E-state index contributed by atoms with van der Waals surface area (Å²) in [7, 11) is 0. The maximum Gasteiger partial charge on any atom is 0.264 e. The van der Waals surface area contributed by atoms with Crippen LogP contribution < -0.4 is 27.1 Å². The number of fused-ring (bicyclic) bond motifs is 2.